The summed E-state index contributed by atoms with van der Waals surface area (Å²) in [5, 5.41) is 12.9. The minimum absolute atomic E-state index is 0.0598. The van der Waals surface area contributed by atoms with Crippen LogP contribution in [0.4, 0.5) is 5.69 Å². The number of rotatable bonds is 9. The number of carbonyl (C=O) groups excluding carboxylic acids is 1. The molecule has 3 rings (SSSR count). The third kappa shape index (κ3) is 7.06. The molecule has 0 unspecified atom stereocenters. The van der Waals surface area contributed by atoms with Crippen molar-refractivity contribution < 1.29 is 27.9 Å². The molecule has 0 heterocycles. The maximum absolute atomic E-state index is 12.4. The smallest absolute Gasteiger partial charge is 0.341 e. The summed E-state index contributed by atoms with van der Waals surface area (Å²) in [5.41, 5.74) is 3.59. The zero-order chi connectivity index (χ0) is 23.8. The van der Waals surface area contributed by atoms with Crippen LogP contribution in [0.5, 0.6) is 5.75 Å². The highest BCUT2D eigenvalue weighted by Gasteiger charge is 2.14. The number of ether oxygens (including phenoxy) is 1. The van der Waals surface area contributed by atoms with E-state index < -0.39 is 28.5 Å². The fourth-order valence-corrected chi connectivity index (χ4v) is 3.73. The zero-order valence-corrected chi connectivity index (χ0v) is 18.5. The Bertz CT molecular complexity index is 1260. The first-order valence-corrected chi connectivity index (χ1v) is 11.3. The second kappa shape index (κ2) is 10.6. The number of nitrogens with zero attached hydrogens (tertiary/aromatic N) is 1. The fraction of sp³-hybridized carbons (Fsp3) is 0.0455. The second-order valence-electron chi connectivity index (χ2n) is 6.59. The maximum atomic E-state index is 12.4. The molecule has 0 aliphatic carbocycles. The number of carbonyl (C=O) groups is 2. The number of nitrogens with one attached hydrogen (secondary N) is 2. The molecule has 0 radical (unpaired) electrons. The molecule has 0 saturated heterocycles. The molecule has 0 spiro atoms. The van der Waals surface area contributed by atoms with Crippen molar-refractivity contribution in [2.75, 3.05) is 11.3 Å². The van der Waals surface area contributed by atoms with Gasteiger partial charge >= 0.3 is 5.97 Å². The molecule has 9 nitrogen and oxygen atoms in total. The van der Waals surface area contributed by atoms with Gasteiger partial charge in [-0.05, 0) is 78.4 Å². The number of carboxylic acid groups (broad SMARTS) is 1. The molecule has 0 aliphatic rings. The number of aliphatic carboxylic acids is 1. The lowest BCUT2D eigenvalue weighted by Gasteiger charge is -2.09. The minimum Gasteiger partial charge on any atom is -0.482 e. The first kappa shape index (κ1) is 23.8. The topological polar surface area (TPSA) is 134 Å². The Morgan fingerprint density at radius 2 is 1.61 bits per heavy atom. The van der Waals surface area contributed by atoms with Crippen molar-refractivity contribution in [1.82, 2.24) is 5.43 Å². The van der Waals surface area contributed by atoms with Gasteiger partial charge in [-0.25, -0.2) is 18.6 Å². The summed E-state index contributed by atoms with van der Waals surface area (Å²) < 4.78 is 32.3. The van der Waals surface area contributed by atoms with E-state index in [0.717, 1.165) is 0 Å². The van der Waals surface area contributed by atoms with Crippen molar-refractivity contribution in [1.29, 1.82) is 0 Å². The van der Waals surface area contributed by atoms with Crippen molar-refractivity contribution >= 4 is 45.4 Å². The molecule has 170 valence electrons. The number of benzene rings is 3. The molecule has 0 saturated carbocycles. The van der Waals surface area contributed by atoms with Crippen LogP contribution in [0.2, 0.25) is 5.02 Å². The lowest BCUT2D eigenvalue weighted by atomic mass is 10.2. The molecule has 0 atom stereocenters. The van der Waals surface area contributed by atoms with Gasteiger partial charge in [0.05, 0.1) is 11.1 Å². The molecule has 0 fully saturated rings. The number of hydrazone groups is 1. The Hall–Kier alpha value is -3.89. The normalized spacial score (nSPS) is 11.2. The SMILES string of the molecule is O=C(O)COc1ccc(/C=N\NC(=O)c2ccc(NS(=O)(=O)c3ccc(Cl)cc3)cc2)cc1. The number of hydrogen-bond donors (Lipinski definition) is 3. The molecule has 3 N–H and O–H groups in total. The molecule has 33 heavy (non-hydrogen) atoms. The van der Waals surface area contributed by atoms with Gasteiger partial charge in [0, 0.05) is 16.3 Å². The van der Waals surface area contributed by atoms with Crippen LogP contribution >= 0.6 is 11.6 Å². The second-order valence-corrected chi connectivity index (χ2v) is 8.71. The standard InChI is InChI=1S/C22H18ClN3O6S/c23-17-5-11-20(12-6-17)33(30,31)26-18-7-3-16(4-8-18)22(29)25-24-13-15-1-9-19(10-2-15)32-14-21(27)28/h1-13,26H,14H2,(H,25,29)(H,27,28)/b24-13-. The Morgan fingerprint density at radius 1 is 0.970 bits per heavy atom. The van der Waals surface area contributed by atoms with Crippen molar-refractivity contribution in [2.45, 2.75) is 4.90 Å². The van der Waals surface area contributed by atoms with E-state index in [2.05, 4.69) is 15.2 Å². The van der Waals surface area contributed by atoms with E-state index in [0.29, 0.717) is 16.3 Å². The van der Waals surface area contributed by atoms with Crippen LogP contribution in [0.3, 0.4) is 0 Å². The molecule has 0 aromatic heterocycles. The van der Waals surface area contributed by atoms with Crippen molar-refractivity contribution in [3.8, 4) is 5.75 Å². The number of sulfonamides is 1. The predicted molar refractivity (Wildman–Crippen MR) is 123 cm³/mol. The van der Waals surface area contributed by atoms with Crippen LogP contribution in [0.15, 0.2) is 82.8 Å². The van der Waals surface area contributed by atoms with E-state index in [9.17, 15) is 18.0 Å². The highest BCUT2D eigenvalue weighted by Crippen LogP contribution is 2.19. The fourth-order valence-electron chi connectivity index (χ4n) is 2.54. The largest absolute Gasteiger partial charge is 0.482 e. The van der Waals surface area contributed by atoms with Crippen LogP contribution < -0.4 is 14.9 Å². The van der Waals surface area contributed by atoms with Crippen LogP contribution in [-0.4, -0.2) is 38.2 Å². The Morgan fingerprint density at radius 3 is 2.21 bits per heavy atom. The minimum atomic E-state index is -3.79. The van der Waals surface area contributed by atoms with Crippen molar-refractivity contribution in [2.24, 2.45) is 5.10 Å². The Kier molecular flexibility index (Phi) is 7.65. The number of carboxylic acids is 1. The van der Waals surface area contributed by atoms with Crippen LogP contribution in [0.1, 0.15) is 15.9 Å². The quantitative estimate of drug-likeness (QED) is 0.313. The third-order valence-electron chi connectivity index (χ3n) is 4.15. The van der Waals surface area contributed by atoms with Crippen LogP contribution in [0.25, 0.3) is 0 Å². The monoisotopic (exact) mass is 487 g/mol. The van der Waals surface area contributed by atoms with Crippen LogP contribution in [-0.2, 0) is 14.8 Å². The predicted octanol–water partition coefficient (Wildman–Crippen LogP) is 3.37. The third-order valence-corrected chi connectivity index (χ3v) is 5.79. The molecule has 3 aromatic carbocycles. The van der Waals surface area contributed by atoms with Gasteiger partial charge in [0.15, 0.2) is 6.61 Å². The maximum Gasteiger partial charge on any atom is 0.341 e. The molecular formula is C22H18ClN3O6S. The summed E-state index contributed by atoms with van der Waals surface area (Å²) in [6.45, 7) is -0.440. The van der Waals surface area contributed by atoms with Crippen LogP contribution in [0, 0.1) is 0 Å². The molecular weight excluding hydrogens is 470 g/mol. The molecule has 1 amide bonds. The lowest BCUT2D eigenvalue weighted by Crippen LogP contribution is -2.18. The average molecular weight is 488 g/mol. The van der Waals surface area contributed by atoms with Gasteiger partial charge in [-0.1, -0.05) is 11.6 Å². The van der Waals surface area contributed by atoms with Crippen molar-refractivity contribution in [3.05, 3.63) is 88.9 Å². The highest BCUT2D eigenvalue weighted by molar-refractivity contribution is 7.92. The Balaban J connectivity index is 1.55. The van der Waals surface area contributed by atoms with E-state index in [1.165, 1.54) is 54.7 Å². The first-order valence-electron chi connectivity index (χ1n) is 9.39. The number of halogens is 1. The Labute approximate surface area is 194 Å². The number of hydrogen-bond acceptors (Lipinski definition) is 6. The molecule has 0 aliphatic heterocycles. The summed E-state index contributed by atoms with van der Waals surface area (Å²) in [7, 11) is -3.79. The number of anilines is 1. The van der Waals surface area contributed by atoms with Gasteiger partial charge in [-0.3, -0.25) is 9.52 Å². The number of amides is 1. The summed E-state index contributed by atoms with van der Waals surface area (Å²) in [4.78, 5) is 22.8. The van der Waals surface area contributed by atoms with Gasteiger partial charge in [-0.15, -0.1) is 0 Å². The summed E-state index contributed by atoms with van der Waals surface area (Å²) in [6.07, 6.45) is 1.41. The van der Waals surface area contributed by atoms with E-state index in [-0.39, 0.29) is 16.1 Å². The van der Waals surface area contributed by atoms with E-state index >= 15 is 0 Å². The lowest BCUT2D eigenvalue weighted by molar-refractivity contribution is -0.139. The molecule has 0 bridgehead atoms. The van der Waals surface area contributed by atoms with Gasteiger partial charge in [0.1, 0.15) is 5.75 Å². The summed E-state index contributed by atoms with van der Waals surface area (Å²) >= 11 is 5.78. The first-order chi connectivity index (χ1) is 15.7. The molecule has 3 aromatic rings. The van der Waals surface area contributed by atoms with Gasteiger partial charge in [0.2, 0.25) is 0 Å². The summed E-state index contributed by atoms with van der Waals surface area (Å²) in [6, 6.07) is 18.0. The molecule has 11 heteroatoms. The van der Waals surface area contributed by atoms with Gasteiger partial charge < -0.3 is 9.84 Å². The zero-order valence-electron chi connectivity index (χ0n) is 16.9. The average Bonchev–Trinajstić information content (AvgIpc) is 2.79. The van der Waals surface area contributed by atoms with Gasteiger partial charge in [-0.2, -0.15) is 5.10 Å². The van der Waals surface area contributed by atoms with E-state index in [1.54, 1.807) is 24.3 Å². The van der Waals surface area contributed by atoms with E-state index in [4.69, 9.17) is 21.4 Å². The van der Waals surface area contributed by atoms with Crippen molar-refractivity contribution in [3.63, 3.8) is 0 Å². The summed E-state index contributed by atoms with van der Waals surface area (Å²) in [5.74, 6) is -1.17. The van der Waals surface area contributed by atoms with E-state index in [1.807, 2.05) is 0 Å². The highest BCUT2D eigenvalue weighted by atomic mass is 35.5. The van der Waals surface area contributed by atoms with Gasteiger partial charge in [0.25, 0.3) is 15.9 Å².